The summed E-state index contributed by atoms with van der Waals surface area (Å²) < 4.78 is 7.25. The van der Waals surface area contributed by atoms with Gasteiger partial charge in [-0.25, -0.2) is 4.68 Å². The van der Waals surface area contributed by atoms with Crippen molar-refractivity contribution < 1.29 is 4.74 Å². The van der Waals surface area contributed by atoms with E-state index in [0.717, 1.165) is 34.2 Å². The van der Waals surface area contributed by atoms with Crippen molar-refractivity contribution in [3.8, 4) is 5.75 Å². The third kappa shape index (κ3) is 3.03. The number of rotatable bonds is 5. The predicted molar refractivity (Wildman–Crippen MR) is 80.3 cm³/mol. The molecule has 2 aromatic rings. The smallest absolute Gasteiger partial charge is 0.214 e. The maximum Gasteiger partial charge on any atom is 0.214 e. The maximum absolute atomic E-state index is 5.82. The molecule has 1 fully saturated rings. The number of methoxy groups -OCH3 is 1. The van der Waals surface area contributed by atoms with Gasteiger partial charge in [-0.1, -0.05) is 18.9 Å². The molecule has 1 saturated carbocycles. The molecule has 1 aromatic heterocycles. The zero-order valence-corrected chi connectivity index (χ0v) is 12.8. The third-order valence-electron chi connectivity index (χ3n) is 3.83. The van der Waals surface area contributed by atoms with Gasteiger partial charge in [0, 0.05) is 11.4 Å². The summed E-state index contributed by atoms with van der Waals surface area (Å²) in [7, 11) is 1.66. The zero-order valence-electron chi connectivity index (χ0n) is 12.0. The molecule has 3 rings (SSSR count). The van der Waals surface area contributed by atoms with Crippen LogP contribution in [0, 0.1) is 0 Å². The van der Waals surface area contributed by atoms with Crippen molar-refractivity contribution >= 4 is 11.8 Å². The summed E-state index contributed by atoms with van der Waals surface area (Å²) in [6.45, 7) is 0.483. The Morgan fingerprint density at radius 1 is 1.38 bits per heavy atom. The molecule has 0 unspecified atom stereocenters. The van der Waals surface area contributed by atoms with Gasteiger partial charge in [0.25, 0.3) is 0 Å². The number of benzene rings is 1. The highest BCUT2D eigenvalue weighted by molar-refractivity contribution is 7.99. The lowest BCUT2D eigenvalue weighted by molar-refractivity contribution is 0.413. The van der Waals surface area contributed by atoms with Crippen molar-refractivity contribution in [3.05, 3.63) is 23.8 Å². The van der Waals surface area contributed by atoms with Gasteiger partial charge in [-0.15, -0.1) is 5.10 Å². The molecule has 1 aliphatic rings. The first kappa shape index (κ1) is 14.3. The van der Waals surface area contributed by atoms with E-state index in [9.17, 15) is 0 Å². The zero-order chi connectivity index (χ0) is 14.7. The van der Waals surface area contributed by atoms with E-state index in [0.29, 0.717) is 12.6 Å². The van der Waals surface area contributed by atoms with Crippen LogP contribution in [0.1, 0.15) is 37.3 Å². The van der Waals surface area contributed by atoms with Crippen LogP contribution in [-0.2, 0) is 6.54 Å². The molecule has 7 heteroatoms. The Morgan fingerprint density at radius 2 is 2.19 bits per heavy atom. The second-order valence-corrected chi connectivity index (χ2v) is 6.13. The van der Waals surface area contributed by atoms with Crippen LogP contribution in [0.15, 0.2) is 28.3 Å². The van der Waals surface area contributed by atoms with Gasteiger partial charge in [-0.05, 0) is 52.7 Å². The summed E-state index contributed by atoms with van der Waals surface area (Å²) in [5.74, 6) is 0.814. The Bertz CT molecular complexity index is 609. The fraction of sp³-hybridized carbons (Fsp3) is 0.500. The summed E-state index contributed by atoms with van der Waals surface area (Å²) in [6, 6.07) is 6.33. The first-order valence-electron chi connectivity index (χ1n) is 7.14. The number of aromatic nitrogens is 4. The van der Waals surface area contributed by atoms with Crippen molar-refractivity contribution in [2.45, 2.75) is 48.3 Å². The Balaban J connectivity index is 1.88. The van der Waals surface area contributed by atoms with Gasteiger partial charge in [0.05, 0.1) is 13.2 Å². The van der Waals surface area contributed by atoms with Gasteiger partial charge in [0.15, 0.2) is 0 Å². The van der Waals surface area contributed by atoms with E-state index in [1.54, 1.807) is 18.9 Å². The lowest BCUT2D eigenvalue weighted by Gasteiger charge is -2.12. The molecule has 0 aliphatic heterocycles. The Labute approximate surface area is 128 Å². The van der Waals surface area contributed by atoms with E-state index in [1.165, 1.54) is 12.8 Å². The minimum atomic E-state index is 0.425. The lowest BCUT2D eigenvalue weighted by atomic mass is 10.2. The lowest BCUT2D eigenvalue weighted by Crippen LogP contribution is -2.08. The van der Waals surface area contributed by atoms with Gasteiger partial charge < -0.3 is 10.5 Å². The molecule has 1 aliphatic carbocycles. The molecule has 21 heavy (non-hydrogen) atoms. The highest BCUT2D eigenvalue weighted by Gasteiger charge is 2.22. The number of hydrogen-bond donors (Lipinski definition) is 1. The SMILES string of the molecule is COc1ccc(CN)c(Sc2nnnn2C2CCCC2)c1. The topological polar surface area (TPSA) is 78.8 Å². The number of ether oxygens (including phenoxy) is 1. The van der Waals surface area contributed by atoms with E-state index in [-0.39, 0.29) is 0 Å². The average molecular weight is 305 g/mol. The van der Waals surface area contributed by atoms with Crippen LogP contribution >= 0.6 is 11.8 Å². The normalized spacial score (nSPS) is 15.5. The quantitative estimate of drug-likeness (QED) is 0.914. The van der Waals surface area contributed by atoms with Crippen LogP contribution in [-0.4, -0.2) is 27.3 Å². The minimum absolute atomic E-state index is 0.425. The van der Waals surface area contributed by atoms with Gasteiger partial charge >= 0.3 is 0 Å². The second kappa shape index (κ2) is 6.44. The van der Waals surface area contributed by atoms with Crippen molar-refractivity contribution in [1.82, 2.24) is 20.2 Å². The van der Waals surface area contributed by atoms with Crippen LogP contribution in [0.2, 0.25) is 0 Å². The van der Waals surface area contributed by atoms with Crippen molar-refractivity contribution in [2.24, 2.45) is 5.73 Å². The van der Waals surface area contributed by atoms with E-state index >= 15 is 0 Å². The van der Waals surface area contributed by atoms with Crippen LogP contribution in [0.25, 0.3) is 0 Å². The number of hydrogen-bond acceptors (Lipinski definition) is 6. The number of nitrogens with two attached hydrogens (primary N) is 1. The third-order valence-corrected chi connectivity index (χ3v) is 4.88. The van der Waals surface area contributed by atoms with E-state index in [4.69, 9.17) is 10.5 Å². The number of tetrazole rings is 1. The fourth-order valence-corrected chi connectivity index (χ4v) is 3.67. The Hall–Kier alpha value is -1.60. The van der Waals surface area contributed by atoms with Gasteiger partial charge in [-0.3, -0.25) is 0 Å². The maximum atomic E-state index is 5.82. The predicted octanol–water partition coefficient (Wildman–Crippen LogP) is 2.41. The summed E-state index contributed by atoms with van der Waals surface area (Å²) in [5.41, 5.74) is 6.89. The molecule has 1 aromatic carbocycles. The van der Waals surface area contributed by atoms with Crippen molar-refractivity contribution in [1.29, 1.82) is 0 Å². The highest BCUT2D eigenvalue weighted by atomic mass is 32.2. The molecule has 6 nitrogen and oxygen atoms in total. The van der Waals surface area contributed by atoms with Crippen LogP contribution in [0.5, 0.6) is 5.75 Å². The number of nitrogens with zero attached hydrogens (tertiary/aromatic N) is 4. The molecule has 0 radical (unpaired) electrons. The van der Waals surface area contributed by atoms with Crippen molar-refractivity contribution in [2.75, 3.05) is 7.11 Å². The molecule has 2 N–H and O–H groups in total. The largest absolute Gasteiger partial charge is 0.497 e. The van der Waals surface area contributed by atoms with Crippen LogP contribution < -0.4 is 10.5 Å². The van der Waals surface area contributed by atoms with Gasteiger partial charge in [-0.2, -0.15) is 0 Å². The average Bonchev–Trinajstić information content (AvgIpc) is 3.17. The molecule has 0 amide bonds. The van der Waals surface area contributed by atoms with E-state index in [2.05, 4.69) is 15.5 Å². The van der Waals surface area contributed by atoms with Gasteiger partial charge in [0.2, 0.25) is 5.16 Å². The molecule has 1 heterocycles. The van der Waals surface area contributed by atoms with Crippen molar-refractivity contribution in [3.63, 3.8) is 0 Å². The monoisotopic (exact) mass is 305 g/mol. The summed E-state index contributed by atoms with van der Waals surface area (Å²) in [6.07, 6.45) is 4.81. The Morgan fingerprint density at radius 3 is 2.90 bits per heavy atom. The van der Waals surface area contributed by atoms with E-state index < -0.39 is 0 Å². The summed E-state index contributed by atoms with van der Waals surface area (Å²) >= 11 is 1.56. The first-order chi connectivity index (χ1) is 10.3. The molecule has 0 bridgehead atoms. The van der Waals surface area contributed by atoms with Gasteiger partial charge in [0.1, 0.15) is 5.75 Å². The first-order valence-corrected chi connectivity index (χ1v) is 7.96. The fourth-order valence-electron chi connectivity index (χ4n) is 2.65. The molecule has 0 spiro atoms. The van der Waals surface area contributed by atoms with Crippen LogP contribution in [0.3, 0.4) is 0 Å². The highest BCUT2D eigenvalue weighted by Crippen LogP contribution is 2.36. The summed E-state index contributed by atoms with van der Waals surface area (Å²) in [4.78, 5) is 1.05. The minimum Gasteiger partial charge on any atom is -0.497 e. The molecular weight excluding hydrogens is 286 g/mol. The summed E-state index contributed by atoms with van der Waals surface area (Å²) in [5, 5.41) is 13.0. The second-order valence-electron chi connectivity index (χ2n) is 5.12. The Kier molecular flexibility index (Phi) is 4.40. The molecule has 0 saturated heterocycles. The van der Waals surface area contributed by atoms with Crippen LogP contribution in [0.4, 0.5) is 0 Å². The standard InChI is InChI=1S/C14H19N5OS/c1-20-12-7-6-10(9-15)13(8-12)21-14-16-17-18-19(14)11-4-2-3-5-11/h6-8,11H,2-5,9,15H2,1H3. The molecule has 0 atom stereocenters. The molecular formula is C14H19N5OS. The van der Waals surface area contributed by atoms with E-state index in [1.807, 2.05) is 22.9 Å². The molecule has 112 valence electrons.